The second kappa shape index (κ2) is 11.5. The van der Waals surface area contributed by atoms with E-state index in [4.69, 9.17) is 5.73 Å². The van der Waals surface area contributed by atoms with Gasteiger partial charge in [-0.15, -0.1) is 0 Å². The average Bonchev–Trinajstić information content (AvgIpc) is 2.88. The number of hydrogen-bond acceptors (Lipinski definition) is 3. The van der Waals surface area contributed by atoms with Gasteiger partial charge in [-0.05, 0) is 23.1 Å². The number of nitrogens with two attached hydrogens (primary N) is 1. The van der Waals surface area contributed by atoms with Gasteiger partial charge >= 0.3 is 0 Å². The number of primary amides is 1. The zero-order valence-electron chi connectivity index (χ0n) is 20.4. The van der Waals surface area contributed by atoms with Crippen molar-refractivity contribution in [1.82, 2.24) is 10.6 Å². The van der Waals surface area contributed by atoms with Crippen molar-refractivity contribution >= 4 is 17.7 Å². The summed E-state index contributed by atoms with van der Waals surface area (Å²) in [6.45, 7) is 5.20. The van der Waals surface area contributed by atoms with Gasteiger partial charge in [0.25, 0.3) is 0 Å². The zero-order chi connectivity index (χ0) is 25.4. The van der Waals surface area contributed by atoms with Crippen molar-refractivity contribution in [3.63, 3.8) is 0 Å². The summed E-state index contributed by atoms with van der Waals surface area (Å²) in [7, 11) is 0. The van der Waals surface area contributed by atoms with E-state index in [2.05, 4.69) is 10.6 Å². The summed E-state index contributed by atoms with van der Waals surface area (Å²) in [5.41, 5.74) is 7.29. The molecule has 0 bridgehead atoms. The first-order valence-electron chi connectivity index (χ1n) is 11.8. The highest BCUT2D eigenvalue weighted by Gasteiger charge is 2.39. The number of hydrogen-bond donors (Lipinski definition) is 3. The maximum absolute atomic E-state index is 13.7. The van der Waals surface area contributed by atoms with E-state index in [0.717, 1.165) is 16.7 Å². The van der Waals surface area contributed by atoms with Crippen molar-refractivity contribution in [2.45, 2.75) is 38.8 Å². The van der Waals surface area contributed by atoms with Crippen LogP contribution in [0, 0.1) is 11.8 Å². The van der Waals surface area contributed by atoms with Gasteiger partial charge in [-0.2, -0.15) is 0 Å². The van der Waals surface area contributed by atoms with Gasteiger partial charge in [0.1, 0.15) is 11.6 Å². The van der Waals surface area contributed by atoms with Crippen LogP contribution in [0.4, 0.5) is 0 Å². The Morgan fingerprint density at radius 3 is 1.46 bits per heavy atom. The minimum atomic E-state index is -0.960. The molecule has 2 atom stereocenters. The van der Waals surface area contributed by atoms with Crippen molar-refractivity contribution in [3.8, 4) is 0 Å². The lowest BCUT2D eigenvalue weighted by atomic mass is 9.76. The van der Waals surface area contributed by atoms with E-state index in [9.17, 15) is 14.4 Å². The highest BCUT2D eigenvalue weighted by atomic mass is 16.2. The van der Waals surface area contributed by atoms with Crippen molar-refractivity contribution in [2.24, 2.45) is 17.6 Å². The van der Waals surface area contributed by atoms with Crippen molar-refractivity contribution in [1.29, 1.82) is 0 Å². The van der Waals surface area contributed by atoms with Crippen LogP contribution in [0.15, 0.2) is 91.0 Å². The molecule has 0 aliphatic heterocycles. The molecule has 0 aliphatic carbocycles. The van der Waals surface area contributed by atoms with Crippen LogP contribution in [0.2, 0.25) is 0 Å². The van der Waals surface area contributed by atoms with Crippen molar-refractivity contribution in [2.75, 3.05) is 0 Å². The first-order valence-corrected chi connectivity index (χ1v) is 11.8. The van der Waals surface area contributed by atoms with Crippen molar-refractivity contribution < 1.29 is 14.4 Å². The summed E-state index contributed by atoms with van der Waals surface area (Å²) in [5.74, 6) is -2.11. The molecule has 6 heteroatoms. The molecule has 0 fully saturated rings. The van der Waals surface area contributed by atoms with E-state index in [1.807, 2.05) is 91.0 Å². The van der Waals surface area contributed by atoms with E-state index < -0.39 is 23.4 Å². The molecule has 0 heterocycles. The van der Waals surface area contributed by atoms with Gasteiger partial charge in [0.15, 0.2) is 0 Å². The van der Waals surface area contributed by atoms with Crippen LogP contribution < -0.4 is 16.4 Å². The van der Waals surface area contributed by atoms with E-state index in [0.29, 0.717) is 0 Å². The maximum Gasteiger partial charge on any atom is 0.240 e. The lowest BCUT2D eigenvalue weighted by molar-refractivity contribution is -0.131. The monoisotopic (exact) mass is 471 g/mol. The van der Waals surface area contributed by atoms with Gasteiger partial charge in [0, 0.05) is 11.8 Å². The summed E-state index contributed by atoms with van der Waals surface area (Å²) in [4.78, 5) is 37.9. The molecule has 0 aromatic heterocycles. The summed E-state index contributed by atoms with van der Waals surface area (Å²) >= 11 is 0. The fourth-order valence-electron chi connectivity index (χ4n) is 4.13. The Labute approximate surface area is 206 Å². The second-order valence-corrected chi connectivity index (χ2v) is 9.09. The Hall–Kier alpha value is -3.93. The largest absolute Gasteiger partial charge is 0.368 e. The number of benzene rings is 3. The highest BCUT2D eigenvalue weighted by molar-refractivity contribution is 5.88. The molecule has 0 aliphatic rings. The van der Waals surface area contributed by atoms with Crippen LogP contribution in [-0.4, -0.2) is 23.8 Å². The third-order valence-electron chi connectivity index (χ3n) is 6.15. The second-order valence-electron chi connectivity index (χ2n) is 9.09. The van der Waals surface area contributed by atoms with Crippen LogP contribution in [0.25, 0.3) is 0 Å². The minimum absolute atomic E-state index is 0.0913. The van der Waals surface area contributed by atoms with Gasteiger partial charge in [0.2, 0.25) is 17.7 Å². The average molecular weight is 472 g/mol. The number of rotatable bonds is 10. The Bertz CT molecular complexity index is 1030. The Balaban J connectivity index is 2.01. The lowest BCUT2D eigenvalue weighted by Gasteiger charge is -2.38. The molecule has 0 radical (unpaired) electrons. The van der Waals surface area contributed by atoms with Gasteiger partial charge in [0.05, 0.1) is 0 Å². The molecule has 0 saturated heterocycles. The number of nitrogens with one attached hydrogen (secondary N) is 2. The first kappa shape index (κ1) is 25.7. The third-order valence-corrected chi connectivity index (χ3v) is 6.15. The molecule has 1 unspecified atom stereocenters. The molecular formula is C29H33N3O3. The molecule has 182 valence electrons. The minimum Gasteiger partial charge on any atom is -0.368 e. The summed E-state index contributed by atoms with van der Waals surface area (Å²) in [6, 6.07) is 28.4. The Kier molecular flexibility index (Phi) is 8.42. The standard InChI is InChI=1S/C29H33N3O3/c1-20(2)27(34)31-25(26(30)33)19-21(3)28(35)32-29(22-13-7-4-8-14-22,23-15-9-5-10-16-23)24-17-11-6-12-18-24/h4-18,20-21,25H,19H2,1-3H3,(H2,30,33)(H,31,34)(H,32,35)/t21?,25-/m0/s1. The van der Waals surface area contributed by atoms with Crippen molar-refractivity contribution in [3.05, 3.63) is 108 Å². The SMILES string of the molecule is CC(C)C(=O)N[C@@H](CC(C)C(=O)NC(c1ccccc1)(c1ccccc1)c1ccccc1)C(N)=O. The van der Waals surface area contributed by atoms with E-state index in [-0.39, 0.29) is 24.2 Å². The van der Waals surface area contributed by atoms with E-state index in [1.54, 1.807) is 20.8 Å². The number of carbonyl (C=O) groups excluding carboxylic acids is 3. The highest BCUT2D eigenvalue weighted by Crippen LogP contribution is 2.37. The van der Waals surface area contributed by atoms with Crippen LogP contribution in [-0.2, 0) is 19.9 Å². The summed E-state index contributed by atoms with van der Waals surface area (Å²) in [5, 5.41) is 5.96. The van der Waals surface area contributed by atoms with Crippen LogP contribution >= 0.6 is 0 Å². The zero-order valence-corrected chi connectivity index (χ0v) is 20.4. The molecule has 0 spiro atoms. The third kappa shape index (κ3) is 5.96. The van der Waals surface area contributed by atoms with Gasteiger partial charge in [-0.3, -0.25) is 14.4 Å². The van der Waals surface area contributed by atoms with Crippen LogP contribution in [0.5, 0.6) is 0 Å². The molecule has 3 aromatic rings. The summed E-state index contributed by atoms with van der Waals surface area (Å²) < 4.78 is 0. The van der Waals surface area contributed by atoms with Crippen LogP contribution in [0.3, 0.4) is 0 Å². The summed E-state index contributed by atoms with van der Waals surface area (Å²) in [6.07, 6.45) is 0.0913. The Morgan fingerprint density at radius 1 is 0.714 bits per heavy atom. The van der Waals surface area contributed by atoms with E-state index >= 15 is 0 Å². The van der Waals surface area contributed by atoms with Gasteiger partial charge in [-0.25, -0.2) is 0 Å². The number of carbonyl (C=O) groups is 3. The predicted molar refractivity (Wildman–Crippen MR) is 137 cm³/mol. The van der Waals surface area contributed by atoms with Gasteiger partial charge in [-0.1, -0.05) is 112 Å². The lowest BCUT2D eigenvalue weighted by Crippen LogP contribution is -2.52. The number of amides is 3. The molecule has 3 amide bonds. The fraction of sp³-hybridized carbons (Fsp3) is 0.276. The fourth-order valence-corrected chi connectivity index (χ4v) is 4.13. The Morgan fingerprint density at radius 2 is 1.11 bits per heavy atom. The maximum atomic E-state index is 13.7. The smallest absolute Gasteiger partial charge is 0.240 e. The molecular weight excluding hydrogens is 438 g/mol. The normalized spacial score (nSPS) is 13.0. The quantitative estimate of drug-likeness (QED) is 0.393. The topological polar surface area (TPSA) is 101 Å². The molecule has 0 saturated carbocycles. The van der Waals surface area contributed by atoms with Crippen LogP contribution in [0.1, 0.15) is 43.9 Å². The first-order chi connectivity index (χ1) is 16.8. The van der Waals surface area contributed by atoms with Gasteiger partial charge < -0.3 is 16.4 Å². The molecule has 4 N–H and O–H groups in total. The molecule has 6 nitrogen and oxygen atoms in total. The molecule has 35 heavy (non-hydrogen) atoms. The molecule has 3 rings (SSSR count). The molecule has 3 aromatic carbocycles. The van der Waals surface area contributed by atoms with E-state index in [1.165, 1.54) is 0 Å². The predicted octanol–water partition coefficient (Wildman–Crippen LogP) is 3.75.